The molecule has 0 saturated carbocycles. The van der Waals surface area contributed by atoms with Crippen LogP contribution in [-0.4, -0.2) is 71.5 Å². The topological polar surface area (TPSA) is 150 Å². The van der Waals surface area contributed by atoms with Gasteiger partial charge in [0.05, 0.1) is 16.8 Å². The van der Waals surface area contributed by atoms with Gasteiger partial charge in [0.15, 0.2) is 0 Å². The molecule has 2 fully saturated rings. The van der Waals surface area contributed by atoms with Crippen LogP contribution in [0.25, 0.3) is 0 Å². The van der Waals surface area contributed by atoms with E-state index in [1.807, 2.05) is 6.07 Å². The second-order valence-corrected chi connectivity index (χ2v) is 8.46. The number of anilines is 1. The van der Waals surface area contributed by atoms with Gasteiger partial charge in [-0.25, -0.2) is 4.79 Å². The first-order valence-corrected chi connectivity index (χ1v) is 11.1. The molecule has 35 heavy (non-hydrogen) atoms. The summed E-state index contributed by atoms with van der Waals surface area (Å²) in [6, 6.07) is 4.33. The summed E-state index contributed by atoms with van der Waals surface area (Å²) >= 11 is 0. The predicted molar refractivity (Wildman–Crippen MR) is 115 cm³/mol. The van der Waals surface area contributed by atoms with Crippen molar-refractivity contribution in [3.05, 3.63) is 29.3 Å². The van der Waals surface area contributed by atoms with Gasteiger partial charge in [-0.05, 0) is 50.3 Å². The number of piperidine rings is 2. The number of carbonyl (C=O) groups excluding carboxylic acids is 4. The monoisotopic (exact) mass is 498 g/mol. The van der Waals surface area contributed by atoms with Crippen molar-refractivity contribution in [1.29, 1.82) is 0 Å². The standard InChI is InChI=1S/C20H24N4O4.C2HF3O2/c21-9-6-12-7-10-23(11-8-12)14-3-1-2-13-17(14)20(28)24(19(13)27)15-4-5-16(25)22-18(15)26;3-2(4,5)1(6)7/h1-3,12,15H,4-11,21H2,(H,22,25,26);(H,6,7). The van der Waals surface area contributed by atoms with E-state index in [0.717, 1.165) is 42.9 Å². The molecule has 13 heteroatoms. The summed E-state index contributed by atoms with van der Waals surface area (Å²) in [5, 5.41) is 9.35. The molecule has 0 radical (unpaired) electrons. The third-order valence-electron chi connectivity index (χ3n) is 6.22. The summed E-state index contributed by atoms with van der Waals surface area (Å²) in [5.74, 6) is -4.04. The van der Waals surface area contributed by atoms with Gasteiger partial charge in [-0.15, -0.1) is 0 Å². The van der Waals surface area contributed by atoms with Gasteiger partial charge in [0.1, 0.15) is 6.04 Å². The fourth-order valence-corrected chi connectivity index (χ4v) is 4.46. The number of fused-ring (bicyclic) bond motifs is 1. The normalized spacial score (nSPS) is 20.9. The molecular weight excluding hydrogens is 473 g/mol. The number of carboxylic acids is 1. The van der Waals surface area contributed by atoms with E-state index in [0.29, 0.717) is 23.6 Å². The summed E-state index contributed by atoms with van der Waals surface area (Å²) in [5.41, 5.74) is 7.11. The molecule has 4 rings (SSSR count). The van der Waals surface area contributed by atoms with Crippen LogP contribution in [0.3, 0.4) is 0 Å². The smallest absolute Gasteiger partial charge is 0.475 e. The van der Waals surface area contributed by atoms with E-state index in [2.05, 4.69) is 10.2 Å². The number of aliphatic carboxylic acids is 1. The van der Waals surface area contributed by atoms with E-state index in [4.69, 9.17) is 15.6 Å². The van der Waals surface area contributed by atoms with Crippen LogP contribution in [0.15, 0.2) is 18.2 Å². The van der Waals surface area contributed by atoms with Crippen molar-refractivity contribution >= 4 is 35.3 Å². The number of rotatable bonds is 4. The lowest BCUT2D eigenvalue weighted by Crippen LogP contribution is -2.54. The SMILES string of the molecule is NCCC1CCN(c2cccc3c2C(=O)N(C2CCC(=O)NC2=O)C3=O)CC1.O=C(O)C(F)(F)F. The van der Waals surface area contributed by atoms with Gasteiger partial charge < -0.3 is 15.7 Å². The number of halogens is 3. The van der Waals surface area contributed by atoms with Crippen LogP contribution in [0.2, 0.25) is 0 Å². The highest BCUT2D eigenvalue weighted by Gasteiger charge is 2.46. The summed E-state index contributed by atoms with van der Waals surface area (Å²) in [6.07, 6.45) is -1.80. The van der Waals surface area contributed by atoms with Crippen LogP contribution in [0.1, 0.15) is 52.8 Å². The number of carboxylic acid groups (broad SMARTS) is 1. The highest BCUT2D eigenvalue weighted by molar-refractivity contribution is 6.25. The number of alkyl halides is 3. The molecule has 1 aromatic carbocycles. The molecule has 1 atom stereocenters. The molecule has 0 bridgehead atoms. The molecule has 1 unspecified atom stereocenters. The number of amides is 4. The molecule has 10 nitrogen and oxygen atoms in total. The lowest BCUT2D eigenvalue weighted by molar-refractivity contribution is -0.192. The summed E-state index contributed by atoms with van der Waals surface area (Å²) in [4.78, 5) is 61.8. The Morgan fingerprint density at radius 3 is 2.26 bits per heavy atom. The van der Waals surface area contributed by atoms with E-state index in [1.54, 1.807) is 12.1 Å². The van der Waals surface area contributed by atoms with E-state index in [1.165, 1.54) is 0 Å². The van der Waals surface area contributed by atoms with Gasteiger partial charge in [-0.2, -0.15) is 13.2 Å². The van der Waals surface area contributed by atoms with E-state index in [-0.39, 0.29) is 18.7 Å². The Labute approximate surface area is 198 Å². The number of hydrogen-bond acceptors (Lipinski definition) is 7. The van der Waals surface area contributed by atoms with E-state index < -0.39 is 35.9 Å². The number of nitrogens with zero attached hydrogens (tertiary/aromatic N) is 2. The van der Waals surface area contributed by atoms with Crippen molar-refractivity contribution in [2.75, 3.05) is 24.5 Å². The first-order chi connectivity index (χ1) is 16.5. The third kappa shape index (κ3) is 5.61. The second-order valence-electron chi connectivity index (χ2n) is 8.46. The zero-order valence-corrected chi connectivity index (χ0v) is 18.6. The highest BCUT2D eigenvalue weighted by Crippen LogP contribution is 2.36. The average molecular weight is 498 g/mol. The lowest BCUT2D eigenvalue weighted by Gasteiger charge is -2.34. The summed E-state index contributed by atoms with van der Waals surface area (Å²) in [6.45, 7) is 2.29. The maximum Gasteiger partial charge on any atom is 0.490 e. The maximum atomic E-state index is 13.2. The van der Waals surface area contributed by atoms with Crippen molar-refractivity contribution in [1.82, 2.24) is 10.2 Å². The van der Waals surface area contributed by atoms with E-state index >= 15 is 0 Å². The number of hydrogen-bond donors (Lipinski definition) is 3. The largest absolute Gasteiger partial charge is 0.490 e. The third-order valence-corrected chi connectivity index (χ3v) is 6.22. The Bertz CT molecular complexity index is 1040. The van der Waals surface area contributed by atoms with Crippen LogP contribution in [-0.2, 0) is 14.4 Å². The lowest BCUT2D eigenvalue weighted by atomic mass is 9.92. The van der Waals surface area contributed by atoms with Crippen LogP contribution < -0.4 is 16.0 Å². The molecule has 4 amide bonds. The highest BCUT2D eigenvalue weighted by atomic mass is 19.4. The van der Waals surface area contributed by atoms with Crippen molar-refractivity contribution in [2.45, 2.75) is 44.3 Å². The Balaban J connectivity index is 0.000000429. The van der Waals surface area contributed by atoms with Gasteiger partial charge in [0.25, 0.3) is 11.8 Å². The zero-order valence-electron chi connectivity index (χ0n) is 18.6. The Kier molecular flexibility index (Phi) is 7.78. The first kappa shape index (κ1) is 26.1. The molecule has 0 aliphatic carbocycles. The molecule has 0 spiro atoms. The van der Waals surface area contributed by atoms with Crippen molar-refractivity contribution < 1.29 is 42.3 Å². The summed E-state index contributed by atoms with van der Waals surface area (Å²) in [7, 11) is 0. The number of nitrogens with two attached hydrogens (primary N) is 1. The fourth-order valence-electron chi connectivity index (χ4n) is 4.46. The van der Waals surface area contributed by atoms with Gasteiger partial charge in [-0.1, -0.05) is 6.07 Å². The van der Waals surface area contributed by atoms with Crippen molar-refractivity contribution in [3.8, 4) is 0 Å². The Morgan fingerprint density at radius 1 is 1.09 bits per heavy atom. The molecule has 190 valence electrons. The minimum Gasteiger partial charge on any atom is -0.475 e. The van der Waals surface area contributed by atoms with Gasteiger partial charge in [0, 0.05) is 19.5 Å². The molecule has 3 heterocycles. The van der Waals surface area contributed by atoms with E-state index in [9.17, 15) is 32.3 Å². The van der Waals surface area contributed by atoms with Crippen molar-refractivity contribution in [3.63, 3.8) is 0 Å². The minimum absolute atomic E-state index is 0.116. The Morgan fingerprint density at radius 2 is 1.71 bits per heavy atom. The van der Waals surface area contributed by atoms with Gasteiger partial charge >= 0.3 is 12.1 Å². The fraction of sp³-hybridized carbons (Fsp3) is 0.500. The molecule has 2 saturated heterocycles. The number of benzene rings is 1. The minimum atomic E-state index is -5.08. The van der Waals surface area contributed by atoms with Crippen LogP contribution in [0, 0.1) is 5.92 Å². The van der Waals surface area contributed by atoms with Crippen LogP contribution in [0.5, 0.6) is 0 Å². The predicted octanol–water partition coefficient (Wildman–Crippen LogP) is 1.29. The van der Waals surface area contributed by atoms with Crippen LogP contribution in [0.4, 0.5) is 18.9 Å². The zero-order chi connectivity index (χ0) is 25.9. The molecule has 1 aromatic rings. The quantitative estimate of drug-likeness (QED) is 0.526. The number of carbonyl (C=O) groups is 5. The number of imide groups is 2. The molecule has 0 aromatic heterocycles. The molecule has 4 N–H and O–H groups in total. The van der Waals surface area contributed by atoms with Crippen molar-refractivity contribution in [2.24, 2.45) is 11.7 Å². The second kappa shape index (κ2) is 10.4. The summed E-state index contributed by atoms with van der Waals surface area (Å²) < 4.78 is 31.7. The first-order valence-electron chi connectivity index (χ1n) is 11.1. The van der Waals surface area contributed by atoms with Crippen LogP contribution >= 0.6 is 0 Å². The number of nitrogens with one attached hydrogen (secondary N) is 1. The average Bonchev–Trinajstić information content (AvgIpc) is 3.05. The maximum absolute atomic E-state index is 13.2. The van der Waals surface area contributed by atoms with Gasteiger partial charge in [-0.3, -0.25) is 29.4 Å². The molecular formula is C22H25F3N4O6. The Hall–Kier alpha value is -3.48. The molecule has 3 aliphatic rings. The molecule has 3 aliphatic heterocycles. The van der Waals surface area contributed by atoms with Gasteiger partial charge in [0.2, 0.25) is 11.8 Å².